The fraction of sp³-hybridized carbons (Fsp3) is 0.176. The van der Waals surface area contributed by atoms with Crippen molar-refractivity contribution in [2.45, 2.75) is 6.10 Å². The van der Waals surface area contributed by atoms with E-state index >= 15 is 0 Å². The highest BCUT2D eigenvalue weighted by molar-refractivity contribution is 7.16. The topological polar surface area (TPSA) is 69.6 Å². The van der Waals surface area contributed by atoms with Crippen molar-refractivity contribution in [2.75, 3.05) is 11.9 Å². The molecular weight excluding hydrogens is 328 g/mol. The van der Waals surface area contributed by atoms with Crippen molar-refractivity contribution >= 4 is 33.1 Å². The summed E-state index contributed by atoms with van der Waals surface area (Å²) in [4.78, 5) is 24.1. The molecule has 1 aliphatic heterocycles. The Morgan fingerprint density at radius 1 is 1.25 bits per heavy atom. The summed E-state index contributed by atoms with van der Waals surface area (Å²) in [5.74, 6) is 0.907. The second kappa shape index (κ2) is 5.68. The van der Waals surface area contributed by atoms with E-state index in [-0.39, 0.29) is 17.4 Å². The van der Waals surface area contributed by atoms with Crippen LogP contribution in [0.5, 0.6) is 11.5 Å². The quantitative estimate of drug-likeness (QED) is 0.776. The van der Waals surface area contributed by atoms with Crippen LogP contribution in [-0.4, -0.2) is 23.2 Å². The number of hydrogen-bond donors (Lipinski definition) is 1. The van der Waals surface area contributed by atoms with Crippen LogP contribution in [0.3, 0.4) is 0 Å². The Hall–Kier alpha value is -2.80. The molecule has 3 aromatic rings. The van der Waals surface area contributed by atoms with Gasteiger partial charge in [0.25, 0.3) is 5.91 Å². The molecule has 122 valence electrons. The van der Waals surface area contributed by atoms with Gasteiger partial charge in [-0.3, -0.25) is 9.59 Å². The Labute approximate surface area is 141 Å². The van der Waals surface area contributed by atoms with E-state index in [2.05, 4.69) is 5.32 Å². The van der Waals surface area contributed by atoms with Gasteiger partial charge in [-0.1, -0.05) is 23.5 Å². The van der Waals surface area contributed by atoms with Crippen LogP contribution in [0.1, 0.15) is 0 Å². The lowest BCUT2D eigenvalue weighted by Gasteiger charge is -2.25. The smallest absolute Gasteiger partial charge is 0.307 e. The lowest BCUT2D eigenvalue weighted by Crippen LogP contribution is -2.40. The molecule has 1 N–H and O–H groups in total. The molecule has 0 bridgehead atoms. The number of nitrogens with zero attached hydrogens (tertiary/aromatic N) is 1. The molecule has 0 saturated carbocycles. The first kappa shape index (κ1) is 14.8. The number of benzene rings is 2. The summed E-state index contributed by atoms with van der Waals surface area (Å²) in [7, 11) is 1.73. The third-order valence-corrected chi connectivity index (χ3v) is 4.86. The van der Waals surface area contributed by atoms with Crippen LogP contribution in [0.2, 0.25) is 0 Å². The predicted octanol–water partition coefficient (Wildman–Crippen LogP) is 2.38. The third kappa shape index (κ3) is 2.52. The SMILES string of the molecule is Cn1c(=O)sc2cc(NC(=O)[C@H]3COc4ccccc4O3)ccc21. The molecule has 1 aliphatic rings. The van der Waals surface area contributed by atoms with Gasteiger partial charge < -0.3 is 19.4 Å². The van der Waals surface area contributed by atoms with Crippen LogP contribution >= 0.6 is 11.3 Å². The minimum atomic E-state index is -0.717. The molecule has 0 radical (unpaired) electrons. The molecule has 24 heavy (non-hydrogen) atoms. The number of carbonyl (C=O) groups is 1. The van der Waals surface area contributed by atoms with Gasteiger partial charge in [-0.15, -0.1) is 0 Å². The molecular formula is C17H14N2O4S. The van der Waals surface area contributed by atoms with Gasteiger partial charge in [0.1, 0.15) is 6.61 Å². The lowest BCUT2D eigenvalue weighted by atomic mass is 10.2. The van der Waals surface area contributed by atoms with Crippen LogP contribution in [0, 0.1) is 0 Å². The zero-order valence-corrected chi connectivity index (χ0v) is 13.6. The summed E-state index contributed by atoms with van der Waals surface area (Å²) in [5.41, 5.74) is 1.46. The van der Waals surface area contributed by atoms with Crippen LogP contribution in [0.25, 0.3) is 10.2 Å². The van der Waals surface area contributed by atoms with Crippen LogP contribution in [-0.2, 0) is 11.8 Å². The van der Waals surface area contributed by atoms with Crippen LogP contribution in [0.15, 0.2) is 47.3 Å². The Morgan fingerprint density at radius 3 is 2.88 bits per heavy atom. The maximum Gasteiger partial charge on any atom is 0.307 e. The summed E-state index contributed by atoms with van der Waals surface area (Å²) in [6, 6.07) is 12.6. The Morgan fingerprint density at radius 2 is 2.04 bits per heavy atom. The first-order chi connectivity index (χ1) is 11.6. The molecule has 7 heteroatoms. The number of thiazole rings is 1. The van der Waals surface area contributed by atoms with Crippen molar-refractivity contribution < 1.29 is 14.3 Å². The molecule has 6 nitrogen and oxygen atoms in total. The highest BCUT2D eigenvalue weighted by Crippen LogP contribution is 2.31. The molecule has 2 aromatic carbocycles. The molecule has 0 spiro atoms. The minimum absolute atomic E-state index is 0.0332. The first-order valence-electron chi connectivity index (χ1n) is 7.41. The number of nitrogens with one attached hydrogen (secondary N) is 1. The third-order valence-electron chi connectivity index (χ3n) is 3.86. The summed E-state index contributed by atoms with van der Waals surface area (Å²) < 4.78 is 13.7. The minimum Gasteiger partial charge on any atom is -0.485 e. The largest absolute Gasteiger partial charge is 0.485 e. The van der Waals surface area contributed by atoms with Gasteiger partial charge in [-0.2, -0.15) is 0 Å². The monoisotopic (exact) mass is 342 g/mol. The number of aryl methyl sites for hydroxylation is 1. The van der Waals surface area contributed by atoms with Gasteiger partial charge in [-0.25, -0.2) is 0 Å². The average molecular weight is 342 g/mol. The van der Waals surface area contributed by atoms with E-state index in [4.69, 9.17) is 9.47 Å². The molecule has 0 saturated heterocycles. The first-order valence-corrected chi connectivity index (χ1v) is 8.22. The van der Waals surface area contributed by atoms with Crippen molar-refractivity contribution in [1.29, 1.82) is 0 Å². The zero-order chi connectivity index (χ0) is 16.7. The number of carbonyl (C=O) groups excluding carboxylic acids is 1. The lowest BCUT2D eigenvalue weighted by molar-refractivity contribution is -0.125. The van der Waals surface area contributed by atoms with Crippen LogP contribution in [0.4, 0.5) is 5.69 Å². The fourth-order valence-corrected chi connectivity index (χ4v) is 3.50. The zero-order valence-electron chi connectivity index (χ0n) is 12.8. The second-order valence-electron chi connectivity index (χ2n) is 5.46. The number of rotatable bonds is 2. The van der Waals surface area contributed by atoms with E-state index in [0.717, 1.165) is 21.6 Å². The molecule has 2 heterocycles. The van der Waals surface area contributed by atoms with E-state index < -0.39 is 6.10 Å². The molecule has 1 aromatic heterocycles. The molecule has 0 fully saturated rings. The fourth-order valence-electron chi connectivity index (χ4n) is 2.58. The number of fused-ring (bicyclic) bond motifs is 2. The molecule has 0 unspecified atom stereocenters. The Kier molecular flexibility index (Phi) is 3.50. The van der Waals surface area contributed by atoms with E-state index in [1.165, 1.54) is 0 Å². The van der Waals surface area contributed by atoms with Gasteiger partial charge in [0, 0.05) is 12.7 Å². The maximum absolute atomic E-state index is 12.4. The van der Waals surface area contributed by atoms with E-state index in [1.807, 2.05) is 18.2 Å². The Balaban J connectivity index is 1.53. The number of amides is 1. The highest BCUT2D eigenvalue weighted by atomic mass is 32.1. The molecule has 1 amide bonds. The van der Waals surface area contributed by atoms with E-state index in [9.17, 15) is 9.59 Å². The van der Waals surface area contributed by atoms with Crippen molar-refractivity contribution in [3.63, 3.8) is 0 Å². The van der Waals surface area contributed by atoms with Gasteiger partial charge in [-0.05, 0) is 30.3 Å². The highest BCUT2D eigenvalue weighted by Gasteiger charge is 2.27. The number of para-hydroxylation sites is 2. The molecule has 0 aliphatic carbocycles. The number of aromatic nitrogens is 1. The maximum atomic E-state index is 12.4. The van der Waals surface area contributed by atoms with E-state index in [1.54, 1.807) is 35.9 Å². The van der Waals surface area contributed by atoms with Gasteiger partial charge in [0.15, 0.2) is 11.5 Å². The van der Waals surface area contributed by atoms with E-state index in [0.29, 0.717) is 17.2 Å². The van der Waals surface area contributed by atoms with Crippen molar-refractivity contribution in [3.05, 3.63) is 52.1 Å². The Bertz CT molecular complexity index is 992. The number of ether oxygens (including phenoxy) is 2. The number of hydrogen-bond acceptors (Lipinski definition) is 5. The van der Waals surface area contributed by atoms with Crippen molar-refractivity contribution in [1.82, 2.24) is 4.57 Å². The van der Waals surface area contributed by atoms with Crippen molar-refractivity contribution in [3.8, 4) is 11.5 Å². The van der Waals surface area contributed by atoms with Crippen molar-refractivity contribution in [2.24, 2.45) is 7.05 Å². The predicted molar refractivity (Wildman–Crippen MR) is 92.0 cm³/mol. The summed E-state index contributed by atoms with van der Waals surface area (Å²) in [5, 5.41) is 2.81. The summed E-state index contributed by atoms with van der Waals surface area (Å²) in [6.45, 7) is 0.157. The standard InChI is InChI=1S/C17H14N2O4S/c1-19-11-7-6-10(8-15(11)24-17(19)21)18-16(20)14-9-22-12-4-2-3-5-13(12)23-14/h2-8,14H,9H2,1H3,(H,18,20)/t14-/m1/s1. The average Bonchev–Trinajstić information content (AvgIpc) is 2.88. The van der Waals surface area contributed by atoms with Crippen LogP contribution < -0.4 is 19.7 Å². The van der Waals surface area contributed by atoms with Gasteiger partial charge >= 0.3 is 4.87 Å². The molecule has 4 rings (SSSR count). The summed E-state index contributed by atoms with van der Waals surface area (Å²) in [6.07, 6.45) is -0.717. The molecule has 1 atom stereocenters. The number of anilines is 1. The normalized spacial score (nSPS) is 16.1. The van der Waals surface area contributed by atoms with Gasteiger partial charge in [0.05, 0.1) is 10.2 Å². The second-order valence-corrected chi connectivity index (χ2v) is 6.46. The summed E-state index contributed by atoms with van der Waals surface area (Å²) >= 11 is 1.15. The van der Waals surface area contributed by atoms with Gasteiger partial charge in [0.2, 0.25) is 6.10 Å².